The van der Waals surface area contributed by atoms with Gasteiger partial charge in [-0.3, -0.25) is 10.0 Å². The lowest BCUT2D eigenvalue weighted by Crippen LogP contribution is -2.32. The van der Waals surface area contributed by atoms with Crippen LogP contribution in [-0.4, -0.2) is 10.8 Å². The molecule has 1 N–H and O–H groups in total. The molecule has 0 radical (unpaired) electrons. The van der Waals surface area contributed by atoms with E-state index in [9.17, 15) is 0 Å². The summed E-state index contributed by atoms with van der Waals surface area (Å²) in [6, 6.07) is 62.7. The van der Waals surface area contributed by atoms with E-state index in [0.29, 0.717) is 6.54 Å². The SMILES string of the molecule is c1ccc(CN=C(c2ccccc2)N2NC2c2ccc(-c3ccc4c(c3)-c3ccccc3C43c4ccccc4Oc4ccccc43)cc2)cc1. The fourth-order valence-corrected chi connectivity index (χ4v) is 8.05. The van der Waals surface area contributed by atoms with Gasteiger partial charge < -0.3 is 4.74 Å². The highest BCUT2D eigenvalue weighted by molar-refractivity contribution is 6.00. The van der Waals surface area contributed by atoms with Gasteiger partial charge in [0, 0.05) is 16.7 Å². The van der Waals surface area contributed by atoms with Crippen LogP contribution in [0.15, 0.2) is 181 Å². The van der Waals surface area contributed by atoms with E-state index in [-0.39, 0.29) is 6.17 Å². The summed E-state index contributed by atoms with van der Waals surface area (Å²) in [6.45, 7) is 0.627. The molecule has 0 bridgehead atoms. The van der Waals surface area contributed by atoms with Crippen LogP contribution < -0.4 is 10.2 Å². The summed E-state index contributed by atoms with van der Waals surface area (Å²) in [4.78, 5) is 5.06. The zero-order valence-corrected chi connectivity index (χ0v) is 27.3. The quantitative estimate of drug-likeness (QED) is 0.115. The van der Waals surface area contributed by atoms with Crippen LogP contribution >= 0.6 is 0 Å². The minimum Gasteiger partial charge on any atom is -0.457 e. The highest BCUT2D eigenvalue weighted by atomic mass is 16.5. The molecule has 3 aliphatic rings. The molecule has 238 valence electrons. The predicted molar refractivity (Wildman–Crippen MR) is 200 cm³/mol. The van der Waals surface area contributed by atoms with E-state index >= 15 is 0 Å². The number of para-hydroxylation sites is 2. The molecule has 0 saturated carbocycles. The first kappa shape index (κ1) is 28.8. The minimum atomic E-state index is -0.445. The third kappa shape index (κ3) is 4.46. The zero-order chi connectivity index (χ0) is 33.1. The van der Waals surface area contributed by atoms with E-state index in [1.807, 2.05) is 12.1 Å². The molecule has 2 aliphatic heterocycles. The molecule has 2 heterocycles. The van der Waals surface area contributed by atoms with Crippen LogP contribution in [0.4, 0.5) is 0 Å². The van der Waals surface area contributed by atoms with E-state index in [1.165, 1.54) is 55.6 Å². The molecule has 10 rings (SSSR count). The molecule has 1 saturated heterocycles. The second-order valence-corrected chi connectivity index (χ2v) is 13.2. The van der Waals surface area contributed by atoms with Crippen molar-refractivity contribution in [3.63, 3.8) is 0 Å². The van der Waals surface area contributed by atoms with Gasteiger partial charge in [-0.15, -0.1) is 0 Å². The lowest BCUT2D eigenvalue weighted by atomic mass is 9.66. The Bertz CT molecular complexity index is 2370. The Labute approximate surface area is 292 Å². The third-order valence-electron chi connectivity index (χ3n) is 10.4. The highest BCUT2D eigenvalue weighted by Crippen LogP contribution is 2.62. The molecule has 1 fully saturated rings. The molecule has 0 aromatic heterocycles. The maximum atomic E-state index is 6.49. The highest BCUT2D eigenvalue weighted by Gasteiger charge is 2.51. The normalized spacial score (nSPS) is 16.2. The molecule has 0 amide bonds. The fraction of sp³-hybridized carbons (Fsp3) is 0.0652. The van der Waals surface area contributed by atoms with Crippen LogP contribution in [0.25, 0.3) is 22.3 Å². The van der Waals surface area contributed by atoms with E-state index in [0.717, 1.165) is 22.9 Å². The summed E-state index contributed by atoms with van der Waals surface area (Å²) < 4.78 is 6.49. The molecular formula is C46H33N3O. The van der Waals surface area contributed by atoms with E-state index in [2.05, 4.69) is 174 Å². The van der Waals surface area contributed by atoms with Gasteiger partial charge in [-0.2, -0.15) is 0 Å². The molecule has 4 heteroatoms. The predicted octanol–water partition coefficient (Wildman–Crippen LogP) is 10.3. The number of amidine groups is 1. The maximum absolute atomic E-state index is 6.49. The molecule has 50 heavy (non-hydrogen) atoms. The fourth-order valence-electron chi connectivity index (χ4n) is 8.05. The summed E-state index contributed by atoms with van der Waals surface area (Å²) in [5, 5.41) is 2.17. The standard InChI is InChI=1S/C46H33N3O/c1-3-13-31(14-4-1)30-47-44(33-15-5-2-6-16-33)49-45(48-49)34-25-23-32(24-26-34)35-27-28-39-37(29-35)36-17-7-8-18-38(36)46(39)40-19-9-11-21-42(40)50-43-22-12-10-20-41(43)46/h1-29,45,48H,30H2. The number of benzene rings is 7. The zero-order valence-electron chi connectivity index (χ0n) is 27.3. The monoisotopic (exact) mass is 643 g/mol. The van der Waals surface area contributed by atoms with Gasteiger partial charge in [0.15, 0.2) is 0 Å². The Hall–Kier alpha value is -6.23. The average Bonchev–Trinajstić information content (AvgIpc) is 3.93. The Kier molecular flexibility index (Phi) is 6.58. The number of hydrogen-bond donors (Lipinski definition) is 1. The van der Waals surface area contributed by atoms with Crippen LogP contribution in [-0.2, 0) is 12.0 Å². The van der Waals surface area contributed by atoms with Crippen molar-refractivity contribution >= 4 is 5.84 Å². The van der Waals surface area contributed by atoms with Crippen LogP contribution in [0.3, 0.4) is 0 Å². The number of hydrazine groups is 1. The van der Waals surface area contributed by atoms with Crippen molar-refractivity contribution in [2.45, 2.75) is 18.1 Å². The molecule has 1 unspecified atom stereocenters. The van der Waals surface area contributed by atoms with E-state index in [4.69, 9.17) is 9.73 Å². The molecule has 1 aliphatic carbocycles. The van der Waals surface area contributed by atoms with Crippen LogP contribution in [0.2, 0.25) is 0 Å². The molecule has 1 spiro atoms. The number of nitrogens with zero attached hydrogens (tertiary/aromatic N) is 2. The average molecular weight is 644 g/mol. The third-order valence-corrected chi connectivity index (χ3v) is 10.4. The van der Waals surface area contributed by atoms with Crippen molar-refractivity contribution in [1.29, 1.82) is 0 Å². The van der Waals surface area contributed by atoms with Gasteiger partial charge in [-0.1, -0.05) is 158 Å². The van der Waals surface area contributed by atoms with Gasteiger partial charge in [0.1, 0.15) is 23.5 Å². The Balaban J connectivity index is 0.998. The number of hydrogen-bond acceptors (Lipinski definition) is 3. The smallest absolute Gasteiger partial charge is 0.147 e. The Morgan fingerprint density at radius 1 is 0.560 bits per heavy atom. The number of ether oxygens (including phenoxy) is 1. The minimum absolute atomic E-state index is 0.0687. The van der Waals surface area contributed by atoms with Crippen molar-refractivity contribution in [2.24, 2.45) is 4.99 Å². The Morgan fingerprint density at radius 2 is 1.14 bits per heavy atom. The van der Waals surface area contributed by atoms with Gasteiger partial charge >= 0.3 is 0 Å². The number of fused-ring (bicyclic) bond motifs is 9. The Morgan fingerprint density at radius 3 is 1.86 bits per heavy atom. The van der Waals surface area contributed by atoms with Gasteiger partial charge in [-0.05, 0) is 62.7 Å². The number of rotatable bonds is 5. The lowest BCUT2D eigenvalue weighted by molar-refractivity contribution is 0.436. The summed E-state index contributed by atoms with van der Waals surface area (Å²) in [7, 11) is 0. The molecular weight excluding hydrogens is 611 g/mol. The largest absolute Gasteiger partial charge is 0.457 e. The van der Waals surface area contributed by atoms with Crippen molar-refractivity contribution in [3.8, 4) is 33.8 Å². The van der Waals surface area contributed by atoms with Gasteiger partial charge in [0.05, 0.1) is 12.0 Å². The van der Waals surface area contributed by atoms with Crippen LogP contribution in [0.5, 0.6) is 11.5 Å². The van der Waals surface area contributed by atoms with E-state index < -0.39 is 5.41 Å². The van der Waals surface area contributed by atoms with Gasteiger partial charge in [0.25, 0.3) is 0 Å². The van der Waals surface area contributed by atoms with Crippen LogP contribution in [0.1, 0.15) is 45.1 Å². The maximum Gasteiger partial charge on any atom is 0.147 e. The molecule has 7 aromatic rings. The summed E-state index contributed by atoms with van der Waals surface area (Å²) in [5.74, 6) is 2.78. The number of nitrogens with one attached hydrogen (secondary N) is 1. The van der Waals surface area contributed by atoms with Gasteiger partial charge in [-0.25, -0.2) is 5.43 Å². The summed E-state index contributed by atoms with van der Waals surface area (Å²) >= 11 is 0. The molecule has 7 aromatic carbocycles. The van der Waals surface area contributed by atoms with Crippen molar-refractivity contribution in [3.05, 3.63) is 215 Å². The number of aliphatic imine (C=N–C) groups is 1. The molecule has 1 atom stereocenters. The van der Waals surface area contributed by atoms with Crippen molar-refractivity contribution < 1.29 is 4.74 Å². The second kappa shape index (κ2) is 11.4. The first-order valence-electron chi connectivity index (χ1n) is 17.2. The van der Waals surface area contributed by atoms with Crippen molar-refractivity contribution in [1.82, 2.24) is 10.4 Å². The first-order chi connectivity index (χ1) is 24.8. The van der Waals surface area contributed by atoms with Gasteiger partial charge in [0.2, 0.25) is 0 Å². The van der Waals surface area contributed by atoms with Crippen LogP contribution in [0, 0.1) is 0 Å². The molecule has 4 nitrogen and oxygen atoms in total. The van der Waals surface area contributed by atoms with E-state index in [1.54, 1.807) is 0 Å². The first-order valence-corrected chi connectivity index (χ1v) is 17.2. The summed E-state index contributed by atoms with van der Waals surface area (Å²) in [6.07, 6.45) is 0.0687. The summed E-state index contributed by atoms with van der Waals surface area (Å²) in [5.41, 5.74) is 16.5. The second-order valence-electron chi connectivity index (χ2n) is 13.2. The van der Waals surface area contributed by atoms with Crippen molar-refractivity contribution in [2.75, 3.05) is 0 Å². The topological polar surface area (TPSA) is 46.5 Å². The lowest BCUT2D eigenvalue weighted by Gasteiger charge is -2.39.